The summed E-state index contributed by atoms with van der Waals surface area (Å²) < 4.78 is 0. The summed E-state index contributed by atoms with van der Waals surface area (Å²) in [5.74, 6) is 0. The first-order valence-corrected chi connectivity index (χ1v) is 6.71. The zero-order valence-electron chi connectivity index (χ0n) is 10.9. The third kappa shape index (κ3) is 4.23. The Labute approximate surface area is 124 Å². The van der Waals surface area contributed by atoms with Gasteiger partial charge in [0, 0.05) is 10.7 Å². The van der Waals surface area contributed by atoms with Gasteiger partial charge < -0.3 is 11.1 Å². The summed E-state index contributed by atoms with van der Waals surface area (Å²) in [6.07, 6.45) is 0.870. The van der Waals surface area contributed by atoms with Gasteiger partial charge in [-0.15, -0.1) is 0 Å². The number of rotatable bonds is 5. The molecule has 0 aliphatic heterocycles. The number of thiocarbonyl (C=S) groups is 1. The van der Waals surface area contributed by atoms with Crippen LogP contribution in [0.4, 0.5) is 0 Å². The van der Waals surface area contributed by atoms with E-state index in [-0.39, 0.29) is 11.0 Å². The van der Waals surface area contributed by atoms with Crippen molar-refractivity contribution in [2.24, 2.45) is 5.73 Å². The van der Waals surface area contributed by atoms with Gasteiger partial charge in [0.2, 0.25) is 0 Å². The predicted octanol–water partition coefficient (Wildman–Crippen LogP) is 3.46. The van der Waals surface area contributed by atoms with Crippen molar-refractivity contribution < 1.29 is 0 Å². The van der Waals surface area contributed by atoms with E-state index in [2.05, 4.69) is 12.2 Å². The lowest BCUT2D eigenvalue weighted by molar-refractivity contribution is 0.578. The van der Waals surface area contributed by atoms with E-state index in [4.69, 9.17) is 34.8 Å². The van der Waals surface area contributed by atoms with Gasteiger partial charge in [0.05, 0.1) is 6.04 Å². The molecule has 100 valence electrons. The van der Waals surface area contributed by atoms with Crippen LogP contribution >= 0.6 is 23.8 Å². The van der Waals surface area contributed by atoms with Crippen LogP contribution in [0.1, 0.15) is 31.9 Å². The smallest absolute Gasteiger partial charge is 0.116 e. The largest absolute Gasteiger partial charge is 0.389 e. The molecule has 1 atom stereocenters. The molecule has 3 nitrogen and oxygen atoms in total. The first-order valence-electron chi connectivity index (χ1n) is 5.92. The fourth-order valence-electron chi connectivity index (χ4n) is 1.77. The molecule has 0 bridgehead atoms. The zero-order chi connectivity index (χ0) is 14.4. The number of nitrogens with one attached hydrogen (secondary N) is 1. The number of nitrogens with two attached hydrogens (primary N) is 1. The molecule has 3 N–H and O–H groups in total. The maximum absolute atomic E-state index is 9.03. The Morgan fingerprint density at radius 2 is 2.05 bits per heavy atom. The minimum absolute atomic E-state index is 0.0926. The number of nitrogens with zero attached hydrogens (tertiary/aromatic N) is 1. The fourth-order valence-corrected chi connectivity index (χ4v) is 2.10. The van der Waals surface area contributed by atoms with Gasteiger partial charge in [0.1, 0.15) is 16.6 Å². The Balaban J connectivity index is 2.98. The lowest BCUT2D eigenvalue weighted by Crippen LogP contribution is -2.23. The van der Waals surface area contributed by atoms with Crippen molar-refractivity contribution in [2.75, 3.05) is 0 Å². The monoisotopic (exact) mass is 293 g/mol. The summed E-state index contributed by atoms with van der Waals surface area (Å²) in [4.78, 5) is 0.110. The highest BCUT2D eigenvalue weighted by Crippen LogP contribution is 2.20. The lowest BCUT2D eigenvalue weighted by atomic mass is 10.0. The highest BCUT2D eigenvalue weighted by molar-refractivity contribution is 7.80. The van der Waals surface area contributed by atoms with Gasteiger partial charge in [-0.05, 0) is 31.0 Å². The van der Waals surface area contributed by atoms with Gasteiger partial charge in [0.15, 0.2) is 0 Å². The van der Waals surface area contributed by atoms with Crippen molar-refractivity contribution in [1.82, 2.24) is 5.32 Å². The van der Waals surface area contributed by atoms with E-state index in [1.54, 1.807) is 6.92 Å². The summed E-state index contributed by atoms with van der Waals surface area (Å²) in [6, 6.07) is 9.73. The van der Waals surface area contributed by atoms with Crippen molar-refractivity contribution in [3.05, 3.63) is 46.1 Å². The van der Waals surface area contributed by atoms with Gasteiger partial charge in [-0.2, -0.15) is 5.26 Å². The number of hydrogen-bond donors (Lipinski definition) is 2. The number of hydrogen-bond acceptors (Lipinski definition) is 3. The maximum atomic E-state index is 9.03. The molecule has 1 unspecified atom stereocenters. The van der Waals surface area contributed by atoms with Crippen molar-refractivity contribution in [1.29, 1.82) is 5.26 Å². The molecule has 1 rings (SSSR count). The topological polar surface area (TPSA) is 61.8 Å². The van der Waals surface area contributed by atoms with Gasteiger partial charge >= 0.3 is 0 Å². The summed E-state index contributed by atoms with van der Waals surface area (Å²) >= 11 is 10.7. The Morgan fingerprint density at radius 1 is 1.47 bits per heavy atom. The second kappa shape index (κ2) is 7.13. The minimum Gasteiger partial charge on any atom is -0.389 e. The molecule has 5 heteroatoms. The zero-order valence-corrected chi connectivity index (χ0v) is 12.5. The maximum Gasteiger partial charge on any atom is 0.116 e. The Morgan fingerprint density at radius 3 is 2.47 bits per heavy atom. The minimum atomic E-state index is 0.0926. The molecule has 0 aromatic heterocycles. The molecule has 0 heterocycles. The standard InChI is InChI=1S/C14H16ClN3S/c1-3-13(10-4-6-11(15)7-5-10)18-9(2)12(8-16)14(17)19/h4-7,13,18H,3H2,1-2H3,(H2,17,19)/b12-9+. The molecule has 0 spiro atoms. The number of nitriles is 1. The van der Waals surface area contributed by atoms with E-state index >= 15 is 0 Å². The van der Waals surface area contributed by atoms with Gasteiger partial charge in [-0.25, -0.2) is 0 Å². The van der Waals surface area contributed by atoms with Crippen LogP contribution in [0.25, 0.3) is 0 Å². The van der Waals surface area contributed by atoms with Crippen molar-refractivity contribution in [2.45, 2.75) is 26.3 Å². The molecular weight excluding hydrogens is 278 g/mol. The Bertz CT molecular complexity index is 529. The van der Waals surface area contributed by atoms with Crippen LogP contribution in [0.5, 0.6) is 0 Å². The molecule has 19 heavy (non-hydrogen) atoms. The molecule has 0 aliphatic carbocycles. The highest BCUT2D eigenvalue weighted by Gasteiger charge is 2.12. The first-order chi connectivity index (χ1) is 8.99. The van der Waals surface area contributed by atoms with Gasteiger partial charge in [-0.3, -0.25) is 0 Å². The van der Waals surface area contributed by atoms with Crippen LogP contribution in [-0.4, -0.2) is 4.99 Å². The van der Waals surface area contributed by atoms with E-state index in [0.717, 1.165) is 12.0 Å². The predicted molar refractivity (Wildman–Crippen MR) is 82.7 cm³/mol. The first kappa shape index (κ1) is 15.5. The molecule has 0 aliphatic rings. The average Bonchev–Trinajstić information content (AvgIpc) is 2.37. The van der Waals surface area contributed by atoms with Crippen molar-refractivity contribution in [3.8, 4) is 6.07 Å². The molecule has 0 radical (unpaired) electrons. The van der Waals surface area contributed by atoms with Crippen LogP contribution in [0, 0.1) is 11.3 Å². The van der Waals surface area contributed by atoms with Gasteiger partial charge in [-0.1, -0.05) is 42.9 Å². The van der Waals surface area contributed by atoms with E-state index < -0.39 is 0 Å². The number of halogens is 1. The second-order valence-corrected chi connectivity index (χ2v) is 5.01. The number of benzene rings is 1. The van der Waals surface area contributed by atoms with Crippen LogP contribution in [0.2, 0.25) is 5.02 Å². The van der Waals surface area contributed by atoms with Crippen LogP contribution in [0.3, 0.4) is 0 Å². The van der Waals surface area contributed by atoms with Crippen molar-refractivity contribution in [3.63, 3.8) is 0 Å². The summed E-state index contributed by atoms with van der Waals surface area (Å²) in [5.41, 5.74) is 7.63. The summed E-state index contributed by atoms with van der Waals surface area (Å²) in [7, 11) is 0. The molecule has 0 fully saturated rings. The number of allylic oxidation sites excluding steroid dienone is 1. The SMILES string of the molecule is CCC(N/C(C)=C(\C#N)C(N)=S)c1ccc(Cl)cc1. The molecule has 0 saturated heterocycles. The van der Waals surface area contributed by atoms with E-state index in [1.165, 1.54) is 0 Å². The normalized spacial score (nSPS) is 13.2. The van der Waals surface area contributed by atoms with Gasteiger partial charge in [0.25, 0.3) is 0 Å². The quantitative estimate of drug-likeness (QED) is 0.496. The highest BCUT2D eigenvalue weighted by atomic mass is 35.5. The Kier molecular flexibility index (Phi) is 5.81. The molecule has 1 aromatic rings. The molecular formula is C14H16ClN3S. The van der Waals surface area contributed by atoms with Crippen LogP contribution < -0.4 is 11.1 Å². The lowest BCUT2D eigenvalue weighted by Gasteiger charge is -2.20. The fraction of sp³-hybridized carbons (Fsp3) is 0.286. The van der Waals surface area contributed by atoms with Crippen LogP contribution in [-0.2, 0) is 0 Å². The third-order valence-corrected chi connectivity index (χ3v) is 3.26. The second-order valence-electron chi connectivity index (χ2n) is 4.13. The van der Waals surface area contributed by atoms with E-state index in [0.29, 0.717) is 16.3 Å². The molecule has 1 aromatic carbocycles. The molecule has 0 amide bonds. The summed E-state index contributed by atoms with van der Waals surface area (Å²) in [5, 5.41) is 13.0. The third-order valence-electron chi connectivity index (χ3n) is 2.80. The summed E-state index contributed by atoms with van der Waals surface area (Å²) in [6.45, 7) is 3.86. The molecule has 0 saturated carbocycles. The van der Waals surface area contributed by atoms with E-state index in [1.807, 2.05) is 30.3 Å². The Hall–Kier alpha value is -1.57. The van der Waals surface area contributed by atoms with E-state index in [9.17, 15) is 0 Å². The average molecular weight is 294 g/mol. The van der Waals surface area contributed by atoms with Crippen molar-refractivity contribution >= 4 is 28.8 Å². The van der Waals surface area contributed by atoms with Crippen LogP contribution in [0.15, 0.2) is 35.5 Å².